The Hall–Kier alpha value is -0.370. The van der Waals surface area contributed by atoms with Crippen LogP contribution in [0.2, 0.25) is 0 Å². The Morgan fingerprint density at radius 1 is 1.18 bits per heavy atom. The number of nitrogens with zero attached hydrogens (tertiary/aromatic N) is 1. The highest BCUT2D eigenvalue weighted by molar-refractivity contribution is 7.11. The summed E-state index contributed by atoms with van der Waals surface area (Å²) in [6, 6.07) is 0. The van der Waals surface area contributed by atoms with Gasteiger partial charge in [0.2, 0.25) is 0 Å². The maximum atomic E-state index is 4.50. The summed E-state index contributed by atoms with van der Waals surface area (Å²) in [7, 11) is 0. The van der Waals surface area contributed by atoms with Crippen LogP contribution in [0.5, 0.6) is 0 Å². The van der Waals surface area contributed by atoms with Gasteiger partial charge in [-0.2, -0.15) is 0 Å². The van der Waals surface area contributed by atoms with E-state index in [4.69, 9.17) is 0 Å². The molecule has 1 aromatic heterocycles. The SMILES string of the molecule is Cc1nc(C(C)(C)C)c(C)s1. The maximum Gasteiger partial charge on any atom is 0.0900 e. The zero-order valence-electron chi connectivity index (χ0n) is 7.86. The molecule has 0 aliphatic rings. The number of rotatable bonds is 0. The molecule has 2 heteroatoms. The fourth-order valence-corrected chi connectivity index (χ4v) is 2.25. The maximum absolute atomic E-state index is 4.50. The van der Waals surface area contributed by atoms with Crippen LogP contribution < -0.4 is 0 Å². The van der Waals surface area contributed by atoms with Crippen molar-refractivity contribution in [3.05, 3.63) is 15.6 Å². The van der Waals surface area contributed by atoms with E-state index >= 15 is 0 Å². The molecular weight excluding hydrogens is 154 g/mol. The third-order valence-electron chi connectivity index (χ3n) is 1.61. The first-order valence-corrected chi connectivity index (χ1v) is 4.67. The third-order valence-corrected chi connectivity index (χ3v) is 2.50. The molecule has 0 aromatic carbocycles. The Labute approximate surface area is 72.5 Å². The van der Waals surface area contributed by atoms with Gasteiger partial charge in [0.15, 0.2) is 0 Å². The summed E-state index contributed by atoms with van der Waals surface area (Å²) in [5.74, 6) is 0. The van der Waals surface area contributed by atoms with E-state index in [1.54, 1.807) is 11.3 Å². The molecule has 1 aromatic rings. The lowest BCUT2D eigenvalue weighted by Gasteiger charge is -2.15. The molecule has 62 valence electrons. The van der Waals surface area contributed by atoms with Gasteiger partial charge in [-0.3, -0.25) is 0 Å². The molecule has 0 fully saturated rings. The minimum Gasteiger partial charge on any atom is -0.246 e. The van der Waals surface area contributed by atoms with E-state index in [-0.39, 0.29) is 5.41 Å². The molecule has 0 unspecified atom stereocenters. The molecular formula is C9H15NS. The summed E-state index contributed by atoms with van der Waals surface area (Å²) in [5.41, 5.74) is 1.45. The minimum absolute atomic E-state index is 0.203. The lowest BCUT2D eigenvalue weighted by atomic mass is 9.92. The van der Waals surface area contributed by atoms with Crippen molar-refractivity contribution < 1.29 is 0 Å². The van der Waals surface area contributed by atoms with Crippen LogP contribution in [0, 0.1) is 13.8 Å². The lowest BCUT2D eigenvalue weighted by molar-refractivity contribution is 0.568. The molecule has 11 heavy (non-hydrogen) atoms. The van der Waals surface area contributed by atoms with Crippen LogP contribution in [0.15, 0.2) is 0 Å². The van der Waals surface area contributed by atoms with Crippen LogP contribution in [-0.2, 0) is 5.41 Å². The Morgan fingerprint density at radius 2 is 1.73 bits per heavy atom. The first kappa shape index (κ1) is 8.72. The van der Waals surface area contributed by atoms with Crippen LogP contribution >= 0.6 is 11.3 Å². The number of aryl methyl sites for hydroxylation is 2. The van der Waals surface area contributed by atoms with E-state index in [1.807, 2.05) is 0 Å². The Kier molecular flexibility index (Phi) is 2.06. The van der Waals surface area contributed by atoms with Gasteiger partial charge in [0.1, 0.15) is 0 Å². The second kappa shape index (κ2) is 2.59. The van der Waals surface area contributed by atoms with Gasteiger partial charge in [0, 0.05) is 10.3 Å². The van der Waals surface area contributed by atoms with Crippen LogP contribution in [0.4, 0.5) is 0 Å². The van der Waals surface area contributed by atoms with Gasteiger partial charge in [0.25, 0.3) is 0 Å². The van der Waals surface area contributed by atoms with Crippen LogP contribution in [-0.4, -0.2) is 4.98 Å². The van der Waals surface area contributed by atoms with Crippen molar-refractivity contribution in [2.45, 2.75) is 40.0 Å². The number of hydrogen-bond acceptors (Lipinski definition) is 2. The molecule has 0 saturated heterocycles. The molecule has 1 nitrogen and oxygen atoms in total. The summed E-state index contributed by atoms with van der Waals surface area (Å²) < 4.78 is 0. The topological polar surface area (TPSA) is 12.9 Å². The zero-order chi connectivity index (χ0) is 8.65. The molecule has 1 rings (SSSR count). The number of thiazole rings is 1. The van der Waals surface area contributed by atoms with Crippen molar-refractivity contribution in [2.24, 2.45) is 0 Å². The second-order valence-electron chi connectivity index (χ2n) is 3.89. The minimum atomic E-state index is 0.203. The van der Waals surface area contributed by atoms with Crippen molar-refractivity contribution >= 4 is 11.3 Å². The predicted octanol–water partition coefficient (Wildman–Crippen LogP) is 3.06. The standard InChI is InChI=1S/C9H15NS/c1-6-8(9(3,4)5)10-7(2)11-6/h1-5H3. The molecule has 0 aliphatic heterocycles. The molecule has 0 atom stereocenters. The van der Waals surface area contributed by atoms with E-state index in [0.29, 0.717) is 0 Å². The summed E-state index contributed by atoms with van der Waals surface area (Å²) in [5, 5.41) is 1.17. The molecule has 0 saturated carbocycles. The van der Waals surface area contributed by atoms with Gasteiger partial charge < -0.3 is 0 Å². The van der Waals surface area contributed by atoms with Gasteiger partial charge in [-0.25, -0.2) is 4.98 Å². The fraction of sp³-hybridized carbons (Fsp3) is 0.667. The van der Waals surface area contributed by atoms with Crippen molar-refractivity contribution in [3.63, 3.8) is 0 Å². The van der Waals surface area contributed by atoms with Crippen LogP contribution in [0.1, 0.15) is 36.3 Å². The first-order chi connectivity index (χ1) is 4.91. The first-order valence-electron chi connectivity index (χ1n) is 3.86. The zero-order valence-corrected chi connectivity index (χ0v) is 8.67. The van der Waals surface area contributed by atoms with Crippen LogP contribution in [0.25, 0.3) is 0 Å². The van der Waals surface area contributed by atoms with Gasteiger partial charge in [-0.05, 0) is 13.8 Å². The van der Waals surface area contributed by atoms with Crippen molar-refractivity contribution in [1.82, 2.24) is 4.98 Å². The van der Waals surface area contributed by atoms with E-state index in [1.165, 1.54) is 15.6 Å². The Bertz CT molecular complexity index is 255. The van der Waals surface area contributed by atoms with Crippen molar-refractivity contribution in [2.75, 3.05) is 0 Å². The molecule has 0 aliphatic carbocycles. The summed E-state index contributed by atoms with van der Waals surface area (Å²) >= 11 is 1.78. The van der Waals surface area contributed by atoms with E-state index in [2.05, 4.69) is 39.6 Å². The largest absolute Gasteiger partial charge is 0.246 e. The predicted molar refractivity (Wildman–Crippen MR) is 50.3 cm³/mol. The molecule has 0 amide bonds. The van der Waals surface area contributed by atoms with E-state index in [0.717, 1.165) is 0 Å². The highest BCUT2D eigenvalue weighted by atomic mass is 32.1. The third kappa shape index (κ3) is 1.80. The highest BCUT2D eigenvalue weighted by Gasteiger charge is 2.19. The van der Waals surface area contributed by atoms with Gasteiger partial charge in [-0.15, -0.1) is 11.3 Å². The molecule has 0 spiro atoms. The highest BCUT2D eigenvalue weighted by Crippen LogP contribution is 2.28. The summed E-state index contributed by atoms with van der Waals surface area (Å²) in [6.45, 7) is 10.8. The van der Waals surface area contributed by atoms with Crippen LogP contribution in [0.3, 0.4) is 0 Å². The summed E-state index contributed by atoms with van der Waals surface area (Å²) in [4.78, 5) is 5.86. The Morgan fingerprint density at radius 3 is 1.91 bits per heavy atom. The fourth-order valence-electron chi connectivity index (χ4n) is 1.22. The van der Waals surface area contributed by atoms with Gasteiger partial charge in [0.05, 0.1) is 10.7 Å². The molecule has 0 bridgehead atoms. The quantitative estimate of drug-likeness (QED) is 0.581. The average Bonchev–Trinajstić information content (AvgIpc) is 2.08. The van der Waals surface area contributed by atoms with Gasteiger partial charge in [-0.1, -0.05) is 20.8 Å². The number of hydrogen-bond donors (Lipinski definition) is 0. The summed E-state index contributed by atoms with van der Waals surface area (Å²) in [6.07, 6.45) is 0. The number of aromatic nitrogens is 1. The van der Waals surface area contributed by atoms with Crippen molar-refractivity contribution in [1.29, 1.82) is 0 Å². The smallest absolute Gasteiger partial charge is 0.0900 e. The molecule has 0 N–H and O–H groups in total. The van der Waals surface area contributed by atoms with Gasteiger partial charge >= 0.3 is 0 Å². The van der Waals surface area contributed by atoms with E-state index < -0.39 is 0 Å². The normalized spacial score (nSPS) is 12.1. The lowest BCUT2D eigenvalue weighted by Crippen LogP contribution is -2.12. The molecule has 1 heterocycles. The van der Waals surface area contributed by atoms with Crippen molar-refractivity contribution in [3.8, 4) is 0 Å². The average molecular weight is 169 g/mol. The second-order valence-corrected chi connectivity index (χ2v) is 5.29. The molecule has 0 radical (unpaired) electrons. The monoisotopic (exact) mass is 169 g/mol. The van der Waals surface area contributed by atoms with E-state index in [9.17, 15) is 0 Å². The Balaban J connectivity index is 3.13.